The average Bonchev–Trinajstić information content (AvgIpc) is 3.16. The van der Waals surface area contributed by atoms with Gasteiger partial charge in [-0.2, -0.15) is 0 Å². The van der Waals surface area contributed by atoms with E-state index in [0.29, 0.717) is 53.1 Å². The monoisotopic (exact) mass is 565 g/mol. The number of nitrogens with one attached hydrogen (secondary N) is 2. The number of amides is 2. The number of nitrogens with two attached hydrogens (primary N) is 1. The molecule has 1 saturated heterocycles. The molecule has 2 amide bonds. The van der Waals surface area contributed by atoms with Crippen molar-refractivity contribution in [3.63, 3.8) is 0 Å². The standard InChI is InChI=1S/C26H30F3N5O4S/c1-14-12-16(37-26(27,28)29)7-8-17(14)33-18-9-10-31-23-19(18)20(30)21(39-23)22(35)32-15-6-5-11-34(13-15)24(36)38-25(2,3)4/h7-10,12,15H,5-6,11,13,30H2,1-4H3,(H,31,33)(H,32,35)/t15-/m1/s1. The number of anilines is 3. The summed E-state index contributed by atoms with van der Waals surface area (Å²) >= 11 is 1.13. The third-order valence-electron chi connectivity index (χ3n) is 5.94. The number of benzene rings is 1. The molecule has 0 aliphatic carbocycles. The zero-order valence-electron chi connectivity index (χ0n) is 21.9. The number of nitrogen functional groups attached to an aromatic ring is 1. The Kier molecular flexibility index (Phi) is 7.82. The van der Waals surface area contributed by atoms with Crippen LogP contribution in [-0.4, -0.2) is 53.0 Å². The smallest absolute Gasteiger partial charge is 0.444 e. The van der Waals surface area contributed by atoms with Gasteiger partial charge in [-0.25, -0.2) is 9.78 Å². The molecule has 9 nitrogen and oxygen atoms in total. The van der Waals surface area contributed by atoms with Gasteiger partial charge in [-0.3, -0.25) is 4.79 Å². The van der Waals surface area contributed by atoms with Gasteiger partial charge in [-0.1, -0.05) is 0 Å². The van der Waals surface area contributed by atoms with Crippen molar-refractivity contribution in [1.29, 1.82) is 0 Å². The van der Waals surface area contributed by atoms with Crippen LogP contribution in [0.5, 0.6) is 5.75 Å². The van der Waals surface area contributed by atoms with Crippen molar-refractivity contribution >= 4 is 50.6 Å². The Morgan fingerprint density at radius 1 is 1.18 bits per heavy atom. The average molecular weight is 566 g/mol. The van der Waals surface area contributed by atoms with E-state index in [9.17, 15) is 22.8 Å². The Morgan fingerprint density at radius 3 is 2.59 bits per heavy atom. The number of pyridine rings is 1. The molecule has 4 rings (SSSR count). The molecule has 3 heterocycles. The van der Waals surface area contributed by atoms with Crippen LogP contribution in [0, 0.1) is 6.92 Å². The highest BCUT2D eigenvalue weighted by atomic mass is 32.1. The van der Waals surface area contributed by atoms with Gasteiger partial charge in [0.2, 0.25) is 0 Å². The van der Waals surface area contributed by atoms with E-state index in [1.165, 1.54) is 18.2 Å². The molecule has 0 unspecified atom stereocenters. The number of hydrogen-bond acceptors (Lipinski definition) is 8. The van der Waals surface area contributed by atoms with Crippen molar-refractivity contribution in [1.82, 2.24) is 15.2 Å². The highest BCUT2D eigenvalue weighted by molar-refractivity contribution is 7.21. The van der Waals surface area contributed by atoms with Crippen LogP contribution in [0.15, 0.2) is 30.5 Å². The summed E-state index contributed by atoms with van der Waals surface area (Å²) in [6, 6.07) is 5.36. The number of aromatic nitrogens is 1. The molecule has 1 aromatic carbocycles. The number of ether oxygens (including phenoxy) is 2. The number of aryl methyl sites for hydroxylation is 1. The SMILES string of the molecule is Cc1cc(OC(F)(F)F)ccc1Nc1ccnc2sc(C(=O)N[C@@H]3CCCN(C(=O)OC(C)(C)C)C3)c(N)c12. The molecule has 1 aliphatic heterocycles. The maximum Gasteiger partial charge on any atom is 0.573 e. The first kappa shape index (κ1) is 28.3. The van der Waals surface area contributed by atoms with Gasteiger partial charge in [0.25, 0.3) is 5.91 Å². The third kappa shape index (κ3) is 7.02. The number of alkyl halides is 3. The molecule has 210 valence electrons. The lowest BCUT2D eigenvalue weighted by Gasteiger charge is -2.34. The lowest BCUT2D eigenvalue weighted by atomic mass is 10.1. The van der Waals surface area contributed by atoms with Gasteiger partial charge in [0.15, 0.2) is 0 Å². The number of rotatable bonds is 5. The minimum Gasteiger partial charge on any atom is -0.444 e. The number of nitrogens with zero attached hydrogens (tertiary/aromatic N) is 2. The van der Waals surface area contributed by atoms with Crippen LogP contribution in [0.4, 0.5) is 35.0 Å². The molecule has 1 atom stereocenters. The van der Waals surface area contributed by atoms with Crippen LogP contribution >= 0.6 is 11.3 Å². The second-order valence-electron chi connectivity index (χ2n) is 10.3. The summed E-state index contributed by atoms with van der Waals surface area (Å²) < 4.78 is 47.1. The van der Waals surface area contributed by atoms with E-state index in [4.69, 9.17) is 10.5 Å². The molecule has 3 aromatic rings. The molecule has 39 heavy (non-hydrogen) atoms. The van der Waals surface area contributed by atoms with Crippen LogP contribution in [0.2, 0.25) is 0 Å². The normalized spacial score (nSPS) is 16.2. The number of carbonyl (C=O) groups excluding carboxylic acids is 2. The molecule has 1 fully saturated rings. The molecular weight excluding hydrogens is 535 g/mol. The van der Waals surface area contributed by atoms with E-state index in [1.54, 1.807) is 44.9 Å². The molecule has 0 radical (unpaired) electrons. The summed E-state index contributed by atoms with van der Waals surface area (Å²) in [4.78, 5) is 32.4. The first-order valence-corrected chi connectivity index (χ1v) is 13.1. The lowest BCUT2D eigenvalue weighted by Crippen LogP contribution is -2.50. The van der Waals surface area contributed by atoms with Gasteiger partial charge in [0, 0.05) is 31.0 Å². The van der Waals surface area contributed by atoms with E-state index >= 15 is 0 Å². The largest absolute Gasteiger partial charge is 0.573 e. The Balaban J connectivity index is 1.51. The van der Waals surface area contributed by atoms with Crippen molar-refractivity contribution in [2.24, 2.45) is 0 Å². The van der Waals surface area contributed by atoms with Crippen molar-refractivity contribution in [3.05, 3.63) is 40.9 Å². The Morgan fingerprint density at radius 2 is 1.92 bits per heavy atom. The summed E-state index contributed by atoms with van der Waals surface area (Å²) in [6.45, 7) is 7.92. The fourth-order valence-corrected chi connectivity index (χ4v) is 5.27. The highest BCUT2D eigenvalue weighted by Gasteiger charge is 2.32. The summed E-state index contributed by atoms with van der Waals surface area (Å²) in [7, 11) is 0. The van der Waals surface area contributed by atoms with Gasteiger partial charge in [0.1, 0.15) is 21.1 Å². The van der Waals surface area contributed by atoms with Crippen LogP contribution in [0.3, 0.4) is 0 Å². The zero-order chi connectivity index (χ0) is 28.5. The van der Waals surface area contributed by atoms with Gasteiger partial charge in [0.05, 0.1) is 16.8 Å². The highest BCUT2D eigenvalue weighted by Crippen LogP contribution is 2.39. The number of piperidine rings is 1. The number of hydrogen-bond donors (Lipinski definition) is 3. The molecule has 2 aromatic heterocycles. The predicted molar refractivity (Wildman–Crippen MR) is 143 cm³/mol. The maximum absolute atomic E-state index is 13.2. The fourth-order valence-electron chi connectivity index (χ4n) is 4.28. The van der Waals surface area contributed by atoms with Crippen molar-refractivity contribution < 1.29 is 32.2 Å². The molecular formula is C26H30F3N5O4S. The van der Waals surface area contributed by atoms with Crippen molar-refractivity contribution in [2.75, 3.05) is 24.1 Å². The Labute approximate surface area is 227 Å². The number of thiophene rings is 1. The third-order valence-corrected chi connectivity index (χ3v) is 7.06. The Hall–Kier alpha value is -3.74. The van der Waals surface area contributed by atoms with E-state index in [-0.39, 0.29) is 28.3 Å². The molecule has 1 aliphatic rings. The van der Waals surface area contributed by atoms with Crippen LogP contribution < -0.4 is 21.1 Å². The van der Waals surface area contributed by atoms with E-state index in [0.717, 1.165) is 11.3 Å². The summed E-state index contributed by atoms with van der Waals surface area (Å²) in [5, 5.41) is 6.68. The predicted octanol–water partition coefficient (Wildman–Crippen LogP) is 5.96. The topological polar surface area (TPSA) is 119 Å². The van der Waals surface area contributed by atoms with Crippen LogP contribution in [-0.2, 0) is 4.74 Å². The molecule has 0 spiro atoms. The first-order valence-electron chi connectivity index (χ1n) is 12.3. The molecule has 13 heteroatoms. The van der Waals surface area contributed by atoms with Gasteiger partial charge in [-0.15, -0.1) is 24.5 Å². The number of halogens is 3. The number of likely N-dealkylation sites (tertiary alicyclic amines) is 1. The van der Waals surface area contributed by atoms with Gasteiger partial charge >= 0.3 is 12.5 Å². The second-order valence-corrected chi connectivity index (χ2v) is 11.3. The first-order chi connectivity index (χ1) is 18.2. The molecule has 0 bridgehead atoms. The van der Waals surface area contributed by atoms with Gasteiger partial charge < -0.3 is 30.7 Å². The van der Waals surface area contributed by atoms with E-state index in [2.05, 4.69) is 20.4 Å². The molecule has 0 saturated carbocycles. The van der Waals surface area contributed by atoms with Crippen LogP contribution in [0.25, 0.3) is 10.2 Å². The maximum atomic E-state index is 13.2. The lowest BCUT2D eigenvalue weighted by molar-refractivity contribution is -0.274. The van der Waals surface area contributed by atoms with E-state index < -0.39 is 18.1 Å². The Bertz CT molecular complexity index is 1390. The van der Waals surface area contributed by atoms with Crippen molar-refractivity contribution in [2.45, 2.75) is 58.5 Å². The minimum atomic E-state index is -4.79. The fraction of sp³-hybridized carbons (Fsp3) is 0.423. The van der Waals surface area contributed by atoms with Gasteiger partial charge in [-0.05, 0) is 70.4 Å². The summed E-state index contributed by atoms with van der Waals surface area (Å²) in [5.74, 6) is -0.699. The molecule has 4 N–H and O–H groups in total. The zero-order valence-corrected chi connectivity index (χ0v) is 22.8. The second kappa shape index (κ2) is 10.8. The number of carbonyl (C=O) groups is 2. The quantitative estimate of drug-likeness (QED) is 0.349. The van der Waals surface area contributed by atoms with Crippen LogP contribution in [0.1, 0.15) is 48.8 Å². The van der Waals surface area contributed by atoms with E-state index in [1.807, 2.05) is 0 Å². The van der Waals surface area contributed by atoms with Crippen molar-refractivity contribution in [3.8, 4) is 5.75 Å². The number of fused-ring (bicyclic) bond motifs is 1. The summed E-state index contributed by atoms with van der Waals surface area (Å²) in [6.07, 6.45) is -2.23. The summed E-state index contributed by atoms with van der Waals surface area (Å²) in [5.41, 5.74) is 7.64. The minimum absolute atomic E-state index is 0.234.